The van der Waals surface area contributed by atoms with Crippen LogP contribution in [-0.2, 0) is 5.75 Å². The van der Waals surface area contributed by atoms with E-state index in [4.69, 9.17) is 11.6 Å². The molecule has 5 aromatic rings. The number of hydrogen-bond donors (Lipinski definition) is 1. The zero-order chi connectivity index (χ0) is 28.8. The summed E-state index contributed by atoms with van der Waals surface area (Å²) in [4.78, 5) is 22.6. The molecule has 2 aromatic heterocycles. The van der Waals surface area contributed by atoms with E-state index in [2.05, 4.69) is 49.9 Å². The van der Waals surface area contributed by atoms with Crippen molar-refractivity contribution >= 4 is 29.3 Å². The van der Waals surface area contributed by atoms with Crippen molar-refractivity contribution in [2.75, 3.05) is 6.54 Å². The summed E-state index contributed by atoms with van der Waals surface area (Å²) in [6.07, 6.45) is 0.738. The van der Waals surface area contributed by atoms with E-state index in [1.54, 1.807) is 4.68 Å². The number of nitrogens with one attached hydrogen (secondary N) is 1. The number of hydrogen-bond acceptors (Lipinski definition) is 6. The van der Waals surface area contributed by atoms with Gasteiger partial charge < -0.3 is 5.32 Å². The van der Waals surface area contributed by atoms with Crippen LogP contribution in [-0.4, -0.2) is 37.4 Å². The standard InChI is InChI=1S/C32H31ClN6OS/c1-21-14-15-26(19-28(21)33)39-29(20-41-32-35-22(2)18-23(3)36-32)30(37-38-39)31(40)34-17-16-27(24-10-6-4-7-11-24)25-12-8-5-9-13-25/h4-15,18-19,27H,16-17,20H2,1-3H3,(H,34,40). The quantitative estimate of drug-likeness (QED) is 0.143. The lowest BCUT2D eigenvalue weighted by atomic mass is 9.88. The van der Waals surface area contributed by atoms with Crippen LogP contribution in [0.4, 0.5) is 0 Å². The lowest BCUT2D eigenvalue weighted by Gasteiger charge is -2.18. The van der Waals surface area contributed by atoms with Gasteiger partial charge in [0.15, 0.2) is 10.9 Å². The first-order valence-electron chi connectivity index (χ1n) is 13.4. The van der Waals surface area contributed by atoms with E-state index in [1.165, 1.54) is 22.9 Å². The lowest BCUT2D eigenvalue weighted by Crippen LogP contribution is -2.27. The molecule has 7 nitrogen and oxygen atoms in total. The van der Waals surface area contributed by atoms with E-state index >= 15 is 0 Å². The molecule has 208 valence electrons. The van der Waals surface area contributed by atoms with Crippen molar-refractivity contribution in [2.24, 2.45) is 0 Å². The molecule has 1 amide bonds. The first kappa shape index (κ1) is 28.5. The van der Waals surface area contributed by atoms with Gasteiger partial charge >= 0.3 is 0 Å². The molecule has 0 spiro atoms. The Morgan fingerprint density at radius 1 is 0.902 bits per heavy atom. The van der Waals surface area contributed by atoms with Gasteiger partial charge in [0.2, 0.25) is 0 Å². The molecule has 0 aliphatic carbocycles. The van der Waals surface area contributed by atoms with E-state index in [1.807, 2.05) is 81.4 Å². The van der Waals surface area contributed by atoms with Crippen LogP contribution in [0.3, 0.4) is 0 Å². The number of thioether (sulfide) groups is 1. The number of halogens is 1. The number of aryl methyl sites for hydroxylation is 3. The van der Waals surface area contributed by atoms with Crippen molar-refractivity contribution in [3.8, 4) is 5.69 Å². The molecule has 0 saturated heterocycles. The highest BCUT2D eigenvalue weighted by Gasteiger charge is 2.22. The maximum absolute atomic E-state index is 13.5. The molecule has 0 saturated carbocycles. The number of carbonyl (C=O) groups excluding carboxylic acids is 1. The average Bonchev–Trinajstić information content (AvgIpc) is 3.40. The molecule has 0 bridgehead atoms. The van der Waals surface area contributed by atoms with Gasteiger partial charge in [-0.2, -0.15) is 0 Å². The lowest BCUT2D eigenvalue weighted by molar-refractivity contribution is 0.0947. The maximum atomic E-state index is 13.5. The van der Waals surface area contributed by atoms with Gasteiger partial charge in [0.05, 0.1) is 11.4 Å². The molecule has 3 aromatic carbocycles. The Morgan fingerprint density at radius 2 is 1.54 bits per heavy atom. The summed E-state index contributed by atoms with van der Waals surface area (Å²) in [5.41, 5.74) is 6.81. The highest BCUT2D eigenvalue weighted by molar-refractivity contribution is 7.98. The normalized spacial score (nSPS) is 11.1. The molecule has 41 heavy (non-hydrogen) atoms. The third-order valence-electron chi connectivity index (χ3n) is 6.80. The van der Waals surface area contributed by atoms with Crippen molar-refractivity contribution in [1.29, 1.82) is 0 Å². The number of nitrogens with zero attached hydrogens (tertiary/aromatic N) is 5. The second-order valence-corrected chi connectivity index (χ2v) is 11.2. The Morgan fingerprint density at radius 3 is 2.15 bits per heavy atom. The van der Waals surface area contributed by atoms with Crippen LogP contribution in [0, 0.1) is 20.8 Å². The molecular formula is C32H31ClN6OS. The monoisotopic (exact) mass is 582 g/mol. The van der Waals surface area contributed by atoms with Crippen molar-refractivity contribution in [3.63, 3.8) is 0 Å². The molecule has 0 fully saturated rings. The van der Waals surface area contributed by atoms with Crippen molar-refractivity contribution in [1.82, 2.24) is 30.3 Å². The summed E-state index contributed by atoms with van der Waals surface area (Å²) in [7, 11) is 0. The van der Waals surface area contributed by atoms with Crippen molar-refractivity contribution < 1.29 is 4.79 Å². The van der Waals surface area contributed by atoms with Crippen LogP contribution in [0.25, 0.3) is 5.69 Å². The zero-order valence-corrected chi connectivity index (χ0v) is 24.8. The predicted octanol–water partition coefficient (Wildman–Crippen LogP) is 6.88. The van der Waals surface area contributed by atoms with Crippen LogP contribution < -0.4 is 5.32 Å². The second-order valence-electron chi connectivity index (χ2n) is 9.87. The smallest absolute Gasteiger partial charge is 0.273 e. The van der Waals surface area contributed by atoms with Gasteiger partial charge in [-0.1, -0.05) is 95.3 Å². The number of amides is 1. The van der Waals surface area contributed by atoms with Gasteiger partial charge in [0, 0.05) is 34.6 Å². The molecular weight excluding hydrogens is 552 g/mol. The largest absolute Gasteiger partial charge is 0.351 e. The van der Waals surface area contributed by atoms with Gasteiger partial charge in [-0.3, -0.25) is 4.79 Å². The minimum absolute atomic E-state index is 0.153. The molecule has 0 atom stereocenters. The Kier molecular flexibility index (Phi) is 9.11. The number of aromatic nitrogens is 5. The van der Waals surface area contributed by atoms with Crippen LogP contribution >= 0.6 is 23.4 Å². The molecule has 0 radical (unpaired) electrons. The molecule has 0 aliphatic heterocycles. The average molecular weight is 583 g/mol. The minimum Gasteiger partial charge on any atom is -0.351 e. The van der Waals surface area contributed by atoms with Crippen molar-refractivity contribution in [3.05, 3.63) is 129 Å². The van der Waals surface area contributed by atoms with E-state index in [-0.39, 0.29) is 17.5 Å². The molecule has 5 rings (SSSR count). The topological polar surface area (TPSA) is 85.6 Å². The summed E-state index contributed by atoms with van der Waals surface area (Å²) >= 11 is 7.87. The Hall–Kier alpha value is -4.01. The summed E-state index contributed by atoms with van der Waals surface area (Å²) < 4.78 is 1.67. The predicted molar refractivity (Wildman–Crippen MR) is 164 cm³/mol. The van der Waals surface area contributed by atoms with E-state index in [0.717, 1.165) is 29.1 Å². The third-order valence-corrected chi connectivity index (χ3v) is 8.07. The second kappa shape index (κ2) is 13.1. The number of benzene rings is 3. The van der Waals surface area contributed by atoms with Gasteiger partial charge in [-0.15, -0.1) is 5.10 Å². The molecule has 0 unspecified atom stereocenters. The molecule has 9 heteroatoms. The molecule has 0 aliphatic rings. The molecule has 2 heterocycles. The fourth-order valence-electron chi connectivity index (χ4n) is 4.73. The Balaban J connectivity index is 1.38. The maximum Gasteiger partial charge on any atom is 0.273 e. The first-order chi connectivity index (χ1) is 19.9. The van der Waals surface area contributed by atoms with E-state index in [0.29, 0.717) is 28.2 Å². The van der Waals surface area contributed by atoms with Gasteiger partial charge in [0.25, 0.3) is 5.91 Å². The Labute approximate surface area is 249 Å². The Bertz CT molecular complexity index is 1580. The summed E-state index contributed by atoms with van der Waals surface area (Å²) in [5, 5.41) is 13.0. The third kappa shape index (κ3) is 7.01. The molecule has 1 N–H and O–H groups in total. The summed E-state index contributed by atoms with van der Waals surface area (Å²) in [6.45, 7) is 6.30. The van der Waals surface area contributed by atoms with E-state index < -0.39 is 0 Å². The zero-order valence-electron chi connectivity index (χ0n) is 23.2. The summed E-state index contributed by atoms with van der Waals surface area (Å²) in [6, 6.07) is 28.3. The summed E-state index contributed by atoms with van der Waals surface area (Å²) in [5.74, 6) is 0.284. The van der Waals surface area contributed by atoms with Crippen LogP contribution in [0.5, 0.6) is 0 Å². The number of rotatable bonds is 10. The van der Waals surface area contributed by atoms with Gasteiger partial charge in [-0.05, 0) is 62.1 Å². The fraction of sp³-hybridized carbons (Fsp3) is 0.219. The van der Waals surface area contributed by atoms with Crippen LogP contribution in [0.1, 0.15) is 56.6 Å². The van der Waals surface area contributed by atoms with Crippen molar-refractivity contribution in [2.45, 2.75) is 44.0 Å². The SMILES string of the molecule is Cc1cc(C)nc(SCc2c(C(=O)NCCC(c3ccccc3)c3ccccc3)nnn2-c2ccc(C)c(Cl)c2)n1. The van der Waals surface area contributed by atoms with E-state index in [9.17, 15) is 4.79 Å². The minimum atomic E-state index is -0.272. The van der Waals surface area contributed by atoms with Crippen LogP contribution in [0.15, 0.2) is 90.1 Å². The van der Waals surface area contributed by atoms with Crippen LogP contribution in [0.2, 0.25) is 5.02 Å². The van der Waals surface area contributed by atoms with Gasteiger partial charge in [0.1, 0.15) is 0 Å². The highest BCUT2D eigenvalue weighted by atomic mass is 35.5. The van der Waals surface area contributed by atoms with Gasteiger partial charge in [-0.25, -0.2) is 14.6 Å². The fourth-order valence-corrected chi connectivity index (χ4v) is 5.85. The number of carbonyl (C=O) groups is 1. The first-order valence-corrected chi connectivity index (χ1v) is 14.8. The highest BCUT2D eigenvalue weighted by Crippen LogP contribution is 2.28.